The van der Waals surface area contributed by atoms with Gasteiger partial charge in [-0.2, -0.15) is 5.26 Å². The highest BCUT2D eigenvalue weighted by Gasteiger charge is 2.30. The molecule has 1 amide bonds. The van der Waals surface area contributed by atoms with Crippen LogP contribution in [0.25, 0.3) is 0 Å². The molecular weight excluding hydrogens is 260 g/mol. The summed E-state index contributed by atoms with van der Waals surface area (Å²) in [6.07, 6.45) is 0.573. The third kappa shape index (κ3) is 4.49. The molecule has 2 atom stereocenters. The molecule has 102 valence electrons. The lowest BCUT2D eigenvalue weighted by molar-refractivity contribution is -0.133. The summed E-state index contributed by atoms with van der Waals surface area (Å²) in [4.78, 5) is 25.0. The molecule has 0 radical (unpaired) electrons. The second-order valence-electron chi connectivity index (χ2n) is 4.81. The van der Waals surface area contributed by atoms with Gasteiger partial charge in [0.2, 0.25) is 5.91 Å². The summed E-state index contributed by atoms with van der Waals surface area (Å²) in [5.41, 5.74) is 0. The van der Waals surface area contributed by atoms with Crippen LogP contribution in [0.5, 0.6) is 0 Å². The van der Waals surface area contributed by atoms with E-state index in [1.165, 1.54) is 0 Å². The highest BCUT2D eigenvalue weighted by molar-refractivity contribution is 7.09. The number of rotatable bonds is 6. The van der Waals surface area contributed by atoms with Gasteiger partial charge < -0.3 is 5.32 Å². The summed E-state index contributed by atoms with van der Waals surface area (Å²) < 4.78 is 0. The minimum absolute atomic E-state index is 0.0799. The third-order valence-electron chi connectivity index (χ3n) is 2.68. The van der Waals surface area contributed by atoms with Gasteiger partial charge in [0, 0.05) is 16.8 Å². The van der Waals surface area contributed by atoms with E-state index in [-0.39, 0.29) is 17.7 Å². The summed E-state index contributed by atoms with van der Waals surface area (Å²) in [5, 5.41) is 13.6. The number of hydrogen-bond acceptors (Lipinski definition) is 4. The predicted octanol–water partition coefficient (Wildman–Crippen LogP) is 2.16. The first-order valence-corrected chi connectivity index (χ1v) is 7.09. The zero-order chi connectivity index (χ0) is 14.4. The summed E-state index contributed by atoms with van der Waals surface area (Å²) >= 11 is 1.57. The van der Waals surface area contributed by atoms with Crippen LogP contribution in [0.3, 0.4) is 0 Å². The van der Waals surface area contributed by atoms with E-state index in [9.17, 15) is 9.59 Å². The van der Waals surface area contributed by atoms with Crippen LogP contribution in [0.1, 0.15) is 25.6 Å². The number of amides is 1. The molecule has 0 saturated carbocycles. The minimum Gasteiger partial charge on any atom is -0.352 e. The van der Waals surface area contributed by atoms with Crippen LogP contribution in [0.2, 0.25) is 0 Å². The average Bonchev–Trinajstić information content (AvgIpc) is 2.81. The number of nitriles is 1. The van der Waals surface area contributed by atoms with Crippen molar-refractivity contribution in [1.29, 1.82) is 5.26 Å². The summed E-state index contributed by atoms with van der Waals surface area (Å²) in [6.45, 7) is 5.35. The SMILES string of the molecule is CC(C)NC(=O)[C@@H](C#N)C(=O)[C@H](C)Cc1cccs1. The molecule has 1 heterocycles. The van der Waals surface area contributed by atoms with Crippen LogP contribution in [0.4, 0.5) is 0 Å². The first-order valence-electron chi connectivity index (χ1n) is 6.21. The minimum atomic E-state index is -1.21. The molecule has 0 fully saturated rings. The lowest BCUT2D eigenvalue weighted by Crippen LogP contribution is -2.40. The number of nitrogens with zero attached hydrogens (tertiary/aromatic N) is 1. The van der Waals surface area contributed by atoms with Crippen molar-refractivity contribution in [2.24, 2.45) is 11.8 Å². The fourth-order valence-electron chi connectivity index (χ4n) is 1.73. The molecule has 0 saturated heterocycles. The molecular formula is C14H18N2O2S. The highest BCUT2D eigenvalue weighted by atomic mass is 32.1. The molecule has 0 bridgehead atoms. The Morgan fingerprint density at radius 2 is 2.11 bits per heavy atom. The van der Waals surface area contributed by atoms with E-state index < -0.39 is 11.8 Å². The Balaban J connectivity index is 2.68. The fourth-order valence-corrected chi connectivity index (χ4v) is 2.57. The van der Waals surface area contributed by atoms with E-state index in [4.69, 9.17) is 5.26 Å². The molecule has 1 N–H and O–H groups in total. The standard InChI is InChI=1S/C14H18N2O2S/c1-9(2)16-14(18)12(8-15)13(17)10(3)7-11-5-4-6-19-11/h4-6,9-10,12H,7H2,1-3H3,(H,16,18)/t10-,12+/m1/s1. The Morgan fingerprint density at radius 3 is 2.58 bits per heavy atom. The van der Waals surface area contributed by atoms with Gasteiger partial charge in [0.1, 0.15) is 0 Å². The zero-order valence-corrected chi connectivity index (χ0v) is 12.2. The van der Waals surface area contributed by atoms with E-state index in [0.29, 0.717) is 6.42 Å². The number of Topliss-reactive ketones (excluding diaryl/α,β-unsaturated/α-hetero) is 1. The van der Waals surface area contributed by atoms with Gasteiger partial charge in [-0.15, -0.1) is 11.3 Å². The Labute approximate surface area is 117 Å². The van der Waals surface area contributed by atoms with Gasteiger partial charge in [-0.3, -0.25) is 9.59 Å². The molecule has 19 heavy (non-hydrogen) atoms. The monoisotopic (exact) mass is 278 g/mol. The molecule has 4 nitrogen and oxygen atoms in total. The molecule has 0 aliphatic rings. The van der Waals surface area contributed by atoms with Crippen LogP contribution in [0, 0.1) is 23.2 Å². The van der Waals surface area contributed by atoms with Gasteiger partial charge in [0.25, 0.3) is 0 Å². The molecule has 0 unspecified atom stereocenters. The molecule has 0 aliphatic heterocycles. The van der Waals surface area contributed by atoms with Gasteiger partial charge in [-0.1, -0.05) is 13.0 Å². The lowest BCUT2D eigenvalue weighted by atomic mass is 9.91. The van der Waals surface area contributed by atoms with Crippen molar-refractivity contribution in [1.82, 2.24) is 5.32 Å². The number of thiophene rings is 1. The second-order valence-corrected chi connectivity index (χ2v) is 5.84. The van der Waals surface area contributed by atoms with Crippen molar-refractivity contribution in [3.63, 3.8) is 0 Å². The van der Waals surface area contributed by atoms with Gasteiger partial charge >= 0.3 is 0 Å². The largest absolute Gasteiger partial charge is 0.352 e. The van der Waals surface area contributed by atoms with E-state index in [0.717, 1.165) is 4.88 Å². The van der Waals surface area contributed by atoms with E-state index in [2.05, 4.69) is 5.32 Å². The fraction of sp³-hybridized carbons (Fsp3) is 0.500. The molecule has 1 aromatic rings. The Bertz CT molecular complexity index is 474. The third-order valence-corrected chi connectivity index (χ3v) is 3.58. The van der Waals surface area contributed by atoms with Gasteiger partial charge in [-0.25, -0.2) is 0 Å². The van der Waals surface area contributed by atoms with E-state index >= 15 is 0 Å². The zero-order valence-electron chi connectivity index (χ0n) is 11.3. The Morgan fingerprint density at radius 1 is 1.42 bits per heavy atom. The highest BCUT2D eigenvalue weighted by Crippen LogP contribution is 2.17. The van der Waals surface area contributed by atoms with Crippen LogP contribution in [-0.4, -0.2) is 17.7 Å². The molecule has 0 aliphatic carbocycles. The number of hydrogen-bond donors (Lipinski definition) is 1. The van der Waals surface area contributed by atoms with Crippen molar-refractivity contribution in [3.05, 3.63) is 22.4 Å². The maximum absolute atomic E-state index is 12.1. The molecule has 0 aromatic carbocycles. The van der Waals surface area contributed by atoms with Gasteiger partial charge in [0.05, 0.1) is 6.07 Å². The van der Waals surface area contributed by atoms with Crippen LogP contribution < -0.4 is 5.32 Å². The first-order chi connectivity index (χ1) is 8.95. The Hall–Kier alpha value is -1.67. The number of carbonyl (C=O) groups excluding carboxylic acids is 2. The number of ketones is 1. The summed E-state index contributed by atoms with van der Waals surface area (Å²) in [7, 11) is 0. The van der Waals surface area contributed by atoms with Gasteiger partial charge in [0.15, 0.2) is 11.7 Å². The summed E-state index contributed by atoms with van der Waals surface area (Å²) in [5.74, 6) is -2.35. The molecule has 1 aromatic heterocycles. The van der Waals surface area contributed by atoms with Crippen molar-refractivity contribution in [2.45, 2.75) is 33.2 Å². The number of nitrogens with one attached hydrogen (secondary N) is 1. The molecule has 1 rings (SSSR count). The van der Waals surface area contributed by atoms with Crippen molar-refractivity contribution in [2.75, 3.05) is 0 Å². The molecule has 0 spiro atoms. The maximum Gasteiger partial charge on any atom is 0.245 e. The van der Waals surface area contributed by atoms with Crippen LogP contribution >= 0.6 is 11.3 Å². The smallest absolute Gasteiger partial charge is 0.245 e. The first kappa shape index (κ1) is 15.4. The summed E-state index contributed by atoms with van der Waals surface area (Å²) in [6, 6.07) is 5.60. The average molecular weight is 278 g/mol. The van der Waals surface area contributed by atoms with Crippen molar-refractivity contribution >= 4 is 23.0 Å². The van der Waals surface area contributed by atoms with E-state index in [1.54, 1.807) is 32.1 Å². The van der Waals surface area contributed by atoms with E-state index in [1.807, 2.05) is 23.6 Å². The van der Waals surface area contributed by atoms with Crippen molar-refractivity contribution < 1.29 is 9.59 Å². The Kier molecular flexibility index (Phi) is 5.71. The maximum atomic E-state index is 12.1. The number of carbonyl (C=O) groups is 2. The van der Waals surface area contributed by atoms with Crippen LogP contribution in [-0.2, 0) is 16.0 Å². The predicted molar refractivity (Wildman–Crippen MR) is 74.6 cm³/mol. The van der Waals surface area contributed by atoms with Crippen molar-refractivity contribution in [3.8, 4) is 6.07 Å². The van der Waals surface area contributed by atoms with Gasteiger partial charge in [-0.05, 0) is 31.7 Å². The normalized spacial score (nSPS) is 13.6. The lowest BCUT2D eigenvalue weighted by Gasteiger charge is -2.15. The second kappa shape index (κ2) is 7.05. The quantitative estimate of drug-likeness (QED) is 0.811. The molecule has 5 heteroatoms. The topological polar surface area (TPSA) is 70.0 Å². The van der Waals surface area contributed by atoms with Crippen LogP contribution in [0.15, 0.2) is 17.5 Å².